The van der Waals surface area contributed by atoms with E-state index >= 15 is 0 Å². The van der Waals surface area contributed by atoms with Crippen molar-refractivity contribution in [2.45, 2.75) is 43.1 Å². The van der Waals surface area contributed by atoms with Gasteiger partial charge in [-0.2, -0.15) is 4.31 Å². The second-order valence-corrected chi connectivity index (χ2v) is 12.7. The quantitative estimate of drug-likeness (QED) is 0.245. The molecule has 4 aromatic rings. The lowest BCUT2D eigenvalue weighted by atomic mass is 10.0. The van der Waals surface area contributed by atoms with Gasteiger partial charge in [-0.1, -0.05) is 42.5 Å². The summed E-state index contributed by atoms with van der Waals surface area (Å²) in [6, 6.07) is 11.4. The van der Waals surface area contributed by atoms with Crippen molar-refractivity contribution in [2.75, 3.05) is 24.5 Å². The molecular weight excluding hydrogens is 629 g/mol. The zero-order valence-corrected chi connectivity index (χ0v) is 24.7. The van der Waals surface area contributed by atoms with Crippen molar-refractivity contribution < 1.29 is 39.9 Å². The molecule has 1 fully saturated rings. The second-order valence-electron chi connectivity index (χ2n) is 9.89. The van der Waals surface area contributed by atoms with Gasteiger partial charge in [-0.15, -0.1) is 13.2 Å². The van der Waals surface area contributed by atoms with Gasteiger partial charge < -0.3 is 15.0 Å². The fraction of sp³-hybridized carbons (Fsp3) is 0.321. The summed E-state index contributed by atoms with van der Waals surface area (Å²) in [4.78, 5) is 24.5. The third kappa shape index (κ3) is 6.92. The van der Waals surface area contributed by atoms with Crippen molar-refractivity contribution in [1.82, 2.24) is 19.6 Å². The Morgan fingerprint density at radius 2 is 1.75 bits per heavy atom. The van der Waals surface area contributed by atoms with E-state index in [2.05, 4.69) is 20.0 Å². The van der Waals surface area contributed by atoms with Crippen molar-refractivity contribution >= 4 is 42.7 Å². The summed E-state index contributed by atoms with van der Waals surface area (Å²) in [5.41, 5.74) is 1.00. The van der Waals surface area contributed by atoms with Crippen LogP contribution in [-0.4, -0.2) is 60.6 Å². The standard InChI is InChI=1S/C28H26F5N5O4S2/c1-2-27(29,30)19-7-5-18(6-8-19)16-35-24(39)23-17-37(26-36-22-4-3-13-34-25(22)43-26)14-15-38(23)44(40,41)21-11-9-20(10-12-21)42-28(31,32)33/h3-13,23H,2,14-17H2,1H3,(H,35,39)/t23-/m1/s1. The van der Waals surface area contributed by atoms with E-state index in [4.69, 9.17) is 0 Å². The summed E-state index contributed by atoms with van der Waals surface area (Å²) in [7, 11) is -4.36. The molecule has 234 valence electrons. The largest absolute Gasteiger partial charge is 0.573 e. The number of pyridine rings is 1. The van der Waals surface area contributed by atoms with Gasteiger partial charge in [-0.05, 0) is 42.0 Å². The molecule has 44 heavy (non-hydrogen) atoms. The number of hydrogen-bond donors (Lipinski definition) is 1. The molecule has 3 heterocycles. The minimum absolute atomic E-state index is 0.0598. The molecule has 0 aliphatic carbocycles. The highest BCUT2D eigenvalue weighted by Crippen LogP contribution is 2.33. The molecule has 1 saturated heterocycles. The van der Waals surface area contributed by atoms with Crippen LogP contribution in [-0.2, 0) is 27.3 Å². The first kappa shape index (κ1) is 31.5. The third-order valence-corrected chi connectivity index (χ3v) is 9.97. The van der Waals surface area contributed by atoms with Gasteiger partial charge in [0.1, 0.15) is 22.1 Å². The highest BCUT2D eigenvalue weighted by Gasteiger charge is 2.41. The summed E-state index contributed by atoms with van der Waals surface area (Å²) < 4.78 is 98.0. The number of nitrogens with zero attached hydrogens (tertiary/aromatic N) is 4. The van der Waals surface area contributed by atoms with Crippen LogP contribution in [0.4, 0.5) is 27.1 Å². The van der Waals surface area contributed by atoms with Crippen molar-refractivity contribution in [3.05, 3.63) is 78.0 Å². The maximum atomic E-state index is 14.0. The average molecular weight is 656 g/mol. The number of nitrogens with one attached hydrogen (secondary N) is 1. The molecule has 0 radical (unpaired) electrons. The molecule has 1 amide bonds. The molecule has 1 N–H and O–H groups in total. The van der Waals surface area contributed by atoms with Gasteiger partial charge in [0.25, 0.3) is 5.92 Å². The Labute approximate surface area is 253 Å². The van der Waals surface area contributed by atoms with E-state index in [0.29, 0.717) is 21.0 Å². The van der Waals surface area contributed by atoms with E-state index < -0.39 is 40.0 Å². The normalized spacial score (nSPS) is 16.7. The van der Waals surface area contributed by atoms with Crippen LogP contribution in [0.15, 0.2) is 71.8 Å². The predicted octanol–water partition coefficient (Wildman–Crippen LogP) is 5.29. The van der Waals surface area contributed by atoms with E-state index in [9.17, 15) is 35.2 Å². The predicted molar refractivity (Wildman–Crippen MR) is 153 cm³/mol. The summed E-state index contributed by atoms with van der Waals surface area (Å²) in [5.74, 6) is -4.24. The molecular formula is C28H26F5N5O4S2. The number of piperazine rings is 1. The van der Waals surface area contributed by atoms with Gasteiger partial charge >= 0.3 is 6.36 Å². The summed E-state index contributed by atoms with van der Waals surface area (Å²) in [6.45, 7) is 1.27. The van der Waals surface area contributed by atoms with Crippen molar-refractivity contribution in [3.63, 3.8) is 0 Å². The summed E-state index contributed by atoms with van der Waals surface area (Å²) in [6.07, 6.45) is -3.70. The van der Waals surface area contributed by atoms with Crippen molar-refractivity contribution in [1.29, 1.82) is 0 Å². The van der Waals surface area contributed by atoms with Gasteiger partial charge in [0.2, 0.25) is 15.9 Å². The number of hydrogen-bond acceptors (Lipinski definition) is 8. The maximum absolute atomic E-state index is 14.0. The minimum Gasteiger partial charge on any atom is -0.406 e. The van der Waals surface area contributed by atoms with Crippen LogP contribution in [0, 0.1) is 0 Å². The number of halogens is 5. The fourth-order valence-corrected chi connectivity index (χ4v) is 7.18. The zero-order valence-electron chi connectivity index (χ0n) is 23.1. The Balaban J connectivity index is 1.39. The molecule has 0 saturated carbocycles. The molecule has 1 aliphatic rings. The topological polar surface area (TPSA) is 105 Å². The van der Waals surface area contributed by atoms with Crippen LogP contribution in [0.25, 0.3) is 10.3 Å². The smallest absolute Gasteiger partial charge is 0.406 e. The minimum atomic E-state index is -4.95. The van der Waals surface area contributed by atoms with Gasteiger partial charge in [0, 0.05) is 44.4 Å². The average Bonchev–Trinajstić information content (AvgIpc) is 3.44. The van der Waals surface area contributed by atoms with Crippen LogP contribution in [0.2, 0.25) is 0 Å². The number of thiazole rings is 1. The zero-order chi connectivity index (χ0) is 31.7. The van der Waals surface area contributed by atoms with E-state index in [1.807, 2.05) is 0 Å². The van der Waals surface area contributed by atoms with Crippen LogP contribution in [0.3, 0.4) is 0 Å². The number of rotatable bonds is 9. The first-order valence-corrected chi connectivity index (χ1v) is 15.6. The number of carbonyl (C=O) groups excluding carboxylic acids is 1. The fourth-order valence-electron chi connectivity index (χ4n) is 4.66. The molecule has 2 aromatic heterocycles. The lowest BCUT2D eigenvalue weighted by Crippen LogP contribution is -2.60. The maximum Gasteiger partial charge on any atom is 0.573 e. The summed E-state index contributed by atoms with van der Waals surface area (Å²) >= 11 is 1.28. The Bertz CT molecular complexity index is 1700. The molecule has 16 heteroatoms. The molecule has 9 nitrogen and oxygen atoms in total. The Kier molecular flexibility index (Phi) is 8.77. The molecule has 1 atom stereocenters. The van der Waals surface area contributed by atoms with E-state index in [0.717, 1.165) is 28.6 Å². The number of ether oxygens (including phenoxy) is 1. The summed E-state index contributed by atoms with van der Waals surface area (Å²) in [5, 5.41) is 3.23. The number of alkyl halides is 5. The Morgan fingerprint density at radius 3 is 2.39 bits per heavy atom. The van der Waals surface area contributed by atoms with Crippen LogP contribution >= 0.6 is 11.3 Å². The number of fused-ring (bicyclic) bond motifs is 1. The van der Waals surface area contributed by atoms with E-state index in [1.54, 1.807) is 23.2 Å². The Hall–Kier alpha value is -3.89. The Morgan fingerprint density at radius 1 is 1.05 bits per heavy atom. The van der Waals surface area contributed by atoms with Crippen LogP contribution in [0.1, 0.15) is 24.5 Å². The lowest BCUT2D eigenvalue weighted by Gasteiger charge is -2.39. The van der Waals surface area contributed by atoms with Gasteiger partial charge in [0.05, 0.1) is 4.90 Å². The first-order chi connectivity index (χ1) is 20.8. The van der Waals surface area contributed by atoms with Crippen LogP contribution < -0.4 is 15.0 Å². The van der Waals surface area contributed by atoms with E-state index in [-0.39, 0.29) is 43.1 Å². The first-order valence-electron chi connectivity index (χ1n) is 13.4. The van der Waals surface area contributed by atoms with Gasteiger partial charge in [-0.25, -0.2) is 27.2 Å². The molecule has 5 rings (SSSR count). The number of sulfonamides is 1. The van der Waals surface area contributed by atoms with Gasteiger partial charge in [-0.3, -0.25) is 4.79 Å². The third-order valence-electron chi connectivity index (χ3n) is 7.01. The lowest BCUT2D eigenvalue weighted by molar-refractivity contribution is -0.274. The molecule has 2 aromatic carbocycles. The number of anilines is 1. The number of benzene rings is 2. The number of amides is 1. The van der Waals surface area contributed by atoms with Gasteiger partial charge in [0.15, 0.2) is 5.13 Å². The monoisotopic (exact) mass is 655 g/mol. The molecule has 0 bridgehead atoms. The van der Waals surface area contributed by atoms with Crippen LogP contribution in [0.5, 0.6) is 5.75 Å². The number of carbonyl (C=O) groups is 1. The highest BCUT2D eigenvalue weighted by molar-refractivity contribution is 7.89. The second kappa shape index (κ2) is 12.2. The number of aromatic nitrogens is 2. The molecule has 1 aliphatic heterocycles. The highest BCUT2D eigenvalue weighted by atomic mass is 32.2. The molecule has 0 spiro atoms. The molecule has 0 unspecified atom stereocenters. The van der Waals surface area contributed by atoms with Crippen molar-refractivity contribution in [2.24, 2.45) is 0 Å². The van der Waals surface area contributed by atoms with E-state index in [1.165, 1.54) is 42.5 Å². The van der Waals surface area contributed by atoms with Crippen molar-refractivity contribution in [3.8, 4) is 5.75 Å². The SMILES string of the molecule is CCC(F)(F)c1ccc(CNC(=O)[C@H]2CN(c3nc4cccnc4s3)CCN2S(=O)(=O)c2ccc(OC(F)(F)F)cc2)cc1.